The van der Waals surface area contributed by atoms with E-state index in [-0.39, 0.29) is 11.9 Å². The second-order valence-electron chi connectivity index (χ2n) is 4.32. The highest BCUT2D eigenvalue weighted by Gasteiger charge is 2.13. The lowest BCUT2D eigenvalue weighted by Crippen LogP contribution is -2.41. The topological polar surface area (TPSA) is 54.5 Å². The number of likely N-dealkylation sites (N-methyl/N-ethyl adjacent to an activating group) is 1. The van der Waals surface area contributed by atoms with E-state index >= 15 is 0 Å². The van der Waals surface area contributed by atoms with Gasteiger partial charge in [-0.3, -0.25) is 14.7 Å². The normalized spacial score (nSPS) is 12.2. The average molecular weight is 251 g/mol. The van der Waals surface area contributed by atoms with Crippen molar-refractivity contribution < 1.29 is 9.53 Å². The van der Waals surface area contributed by atoms with Crippen molar-refractivity contribution in [1.29, 1.82) is 0 Å². The summed E-state index contributed by atoms with van der Waals surface area (Å²) >= 11 is 0. The third kappa shape index (κ3) is 5.14. The summed E-state index contributed by atoms with van der Waals surface area (Å²) in [6.07, 6.45) is 4.16. The van der Waals surface area contributed by atoms with Gasteiger partial charge >= 0.3 is 0 Å². The number of nitrogens with one attached hydrogen (secondary N) is 1. The van der Waals surface area contributed by atoms with Gasteiger partial charge in [0.15, 0.2) is 0 Å². The van der Waals surface area contributed by atoms with Crippen LogP contribution in [0.4, 0.5) is 0 Å². The Labute approximate surface area is 108 Å². The molecular weight excluding hydrogens is 230 g/mol. The molecule has 0 saturated heterocycles. The van der Waals surface area contributed by atoms with Crippen molar-refractivity contribution in [2.45, 2.75) is 19.4 Å². The molecule has 0 unspecified atom stereocenters. The molecule has 1 amide bonds. The van der Waals surface area contributed by atoms with Crippen LogP contribution in [0.5, 0.6) is 5.75 Å². The minimum absolute atomic E-state index is 0.0429. The first-order chi connectivity index (χ1) is 8.61. The molecule has 5 nitrogen and oxygen atoms in total. The molecule has 1 aromatic heterocycles. The molecule has 0 saturated carbocycles. The van der Waals surface area contributed by atoms with Crippen LogP contribution in [-0.2, 0) is 4.79 Å². The molecule has 1 heterocycles. The van der Waals surface area contributed by atoms with Crippen LogP contribution in [0.2, 0.25) is 0 Å². The molecule has 100 valence electrons. The maximum atomic E-state index is 11.6. The van der Waals surface area contributed by atoms with E-state index in [0.717, 1.165) is 12.2 Å². The van der Waals surface area contributed by atoms with Gasteiger partial charge in [0.05, 0.1) is 18.8 Å². The van der Waals surface area contributed by atoms with Crippen LogP contribution >= 0.6 is 0 Å². The van der Waals surface area contributed by atoms with Crippen molar-refractivity contribution in [3.8, 4) is 5.75 Å². The van der Waals surface area contributed by atoms with E-state index in [0.29, 0.717) is 13.2 Å². The molecule has 1 aromatic rings. The van der Waals surface area contributed by atoms with Gasteiger partial charge in [-0.15, -0.1) is 0 Å². The number of aromatic nitrogens is 1. The smallest absolute Gasteiger partial charge is 0.237 e. The summed E-state index contributed by atoms with van der Waals surface area (Å²) in [7, 11) is 3.77. The average Bonchev–Trinajstić information content (AvgIpc) is 2.38. The number of carbonyl (C=O) groups excluding carboxylic acids is 1. The minimum atomic E-state index is -0.107. The SMILES string of the molecule is C[C@@H](C(=O)NCCCOc1cccnc1)N(C)C. The Bertz CT molecular complexity index is 355. The van der Waals surface area contributed by atoms with E-state index in [9.17, 15) is 4.79 Å². The van der Waals surface area contributed by atoms with Crippen molar-refractivity contribution in [2.24, 2.45) is 0 Å². The van der Waals surface area contributed by atoms with Gasteiger partial charge in [-0.25, -0.2) is 0 Å². The van der Waals surface area contributed by atoms with Crippen molar-refractivity contribution in [1.82, 2.24) is 15.2 Å². The Morgan fingerprint density at radius 1 is 1.56 bits per heavy atom. The van der Waals surface area contributed by atoms with Crippen LogP contribution in [0, 0.1) is 0 Å². The van der Waals surface area contributed by atoms with Crippen LogP contribution in [0.3, 0.4) is 0 Å². The maximum Gasteiger partial charge on any atom is 0.237 e. The molecule has 5 heteroatoms. The predicted octanol–water partition coefficient (Wildman–Crippen LogP) is 0.917. The molecule has 0 fully saturated rings. The number of rotatable bonds is 7. The fourth-order valence-electron chi connectivity index (χ4n) is 1.29. The van der Waals surface area contributed by atoms with E-state index < -0.39 is 0 Å². The Hall–Kier alpha value is -1.62. The fraction of sp³-hybridized carbons (Fsp3) is 0.538. The molecule has 0 aliphatic carbocycles. The van der Waals surface area contributed by atoms with E-state index in [2.05, 4.69) is 10.3 Å². The van der Waals surface area contributed by atoms with Crippen LogP contribution in [-0.4, -0.2) is 49.1 Å². The van der Waals surface area contributed by atoms with E-state index in [1.165, 1.54) is 0 Å². The highest BCUT2D eigenvalue weighted by Crippen LogP contribution is 2.05. The second-order valence-corrected chi connectivity index (χ2v) is 4.32. The largest absolute Gasteiger partial charge is 0.492 e. The van der Waals surface area contributed by atoms with Crippen molar-refractivity contribution >= 4 is 5.91 Å². The van der Waals surface area contributed by atoms with Gasteiger partial charge in [-0.1, -0.05) is 0 Å². The molecular formula is C13H21N3O2. The van der Waals surface area contributed by atoms with Crippen molar-refractivity contribution in [3.05, 3.63) is 24.5 Å². The molecule has 0 radical (unpaired) electrons. The molecule has 1 rings (SSSR count). The molecule has 0 aliphatic rings. The zero-order valence-electron chi connectivity index (χ0n) is 11.2. The summed E-state index contributed by atoms with van der Waals surface area (Å²) in [4.78, 5) is 17.4. The second kappa shape index (κ2) is 7.66. The van der Waals surface area contributed by atoms with Gasteiger partial charge in [0.2, 0.25) is 5.91 Å². The lowest BCUT2D eigenvalue weighted by Gasteiger charge is -2.18. The third-order valence-corrected chi connectivity index (χ3v) is 2.68. The van der Waals surface area contributed by atoms with Gasteiger partial charge in [-0.05, 0) is 39.6 Å². The Morgan fingerprint density at radius 3 is 2.94 bits per heavy atom. The maximum absolute atomic E-state index is 11.6. The summed E-state index contributed by atoms with van der Waals surface area (Å²) in [5.41, 5.74) is 0. The highest BCUT2D eigenvalue weighted by molar-refractivity contribution is 5.81. The Balaban J connectivity index is 2.11. The molecule has 0 aliphatic heterocycles. The summed E-state index contributed by atoms with van der Waals surface area (Å²) in [5, 5.41) is 2.87. The van der Waals surface area contributed by atoms with Crippen LogP contribution in [0.1, 0.15) is 13.3 Å². The molecule has 0 bridgehead atoms. The first-order valence-electron chi connectivity index (χ1n) is 6.08. The number of nitrogens with zero attached hydrogens (tertiary/aromatic N) is 2. The van der Waals surface area contributed by atoms with Crippen LogP contribution in [0.25, 0.3) is 0 Å². The lowest BCUT2D eigenvalue weighted by atomic mass is 10.3. The molecule has 0 aromatic carbocycles. The number of carbonyl (C=O) groups is 1. The molecule has 1 atom stereocenters. The molecule has 0 spiro atoms. The van der Waals surface area contributed by atoms with Gasteiger partial charge in [0, 0.05) is 12.7 Å². The van der Waals surface area contributed by atoms with Gasteiger partial charge in [0.25, 0.3) is 0 Å². The lowest BCUT2D eigenvalue weighted by molar-refractivity contribution is -0.125. The van der Waals surface area contributed by atoms with E-state index in [4.69, 9.17) is 4.74 Å². The zero-order valence-corrected chi connectivity index (χ0v) is 11.2. The van der Waals surface area contributed by atoms with Crippen LogP contribution < -0.4 is 10.1 Å². The molecule has 18 heavy (non-hydrogen) atoms. The van der Waals surface area contributed by atoms with Gasteiger partial charge in [-0.2, -0.15) is 0 Å². The summed E-state index contributed by atoms with van der Waals surface area (Å²) in [5.74, 6) is 0.798. The van der Waals surface area contributed by atoms with E-state index in [1.54, 1.807) is 12.4 Å². The molecule has 1 N–H and O–H groups in total. The van der Waals surface area contributed by atoms with Gasteiger partial charge < -0.3 is 10.1 Å². The predicted molar refractivity (Wildman–Crippen MR) is 70.5 cm³/mol. The number of ether oxygens (including phenoxy) is 1. The number of hydrogen-bond donors (Lipinski definition) is 1. The Kier molecular flexibility index (Phi) is 6.14. The summed E-state index contributed by atoms with van der Waals surface area (Å²) < 4.78 is 5.47. The number of hydrogen-bond acceptors (Lipinski definition) is 4. The third-order valence-electron chi connectivity index (χ3n) is 2.68. The zero-order chi connectivity index (χ0) is 13.4. The van der Waals surface area contributed by atoms with Crippen molar-refractivity contribution in [2.75, 3.05) is 27.2 Å². The monoisotopic (exact) mass is 251 g/mol. The minimum Gasteiger partial charge on any atom is -0.492 e. The van der Waals surface area contributed by atoms with Gasteiger partial charge in [0.1, 0.15) is 5.75 Å². The van der Waals surface area contributed by atoms with E-state index in [1.807, 2.05) is 38.1 Å². The fourth-order valence-corrected chi connectivity index (χ4v) is 1.29. The van der Waals surface area contributed by atoms with Crippen molar-refractivity contribution in [3.63, 3.8) is 0 Å². The first kappa shape index (κ1) is 14.4. The summed E-state index contributed by atoms with van der Waals surface area (Å²) in [6.45, 7) is 3.07. The Morgan fingerprint density at radius 2 is 2.33 bits per heavy atom. The number of amides is 1. The quantitative estimate of drug-likeness (QED) is 0.732. The summed E-state index contributed by atoms with van der Waals surface area (Å²) in [6, 6.07) is 3.58. The first-order valence-corrected chi connectivity index (χ1v) is 6.08. The highest BCUT2D eigenvalue weighted by atomic mass is 16.5. The van der Waals surface area contributed by atoms with Crippen LogP contribution in [0.15, 0.2) is 24.5 Å². The number of pyridine rings is 1. The standard InChI is InChI=1S/C13H21N3O2/c1-11(16(2)3)13(17)15-8-5-9-18-12-6-4-7-14-10-12/h4,6-7,10-11H,5,8-9H2,1-3H3,(H,15,17)/t11-/m0/s1.